The standard InChI is InChI=1S/C43H37N6.Ir/c1-28-19-22-34-38-35(28)32-21-20-31(43(6,48-26-14-24-45-48)30-17-11-8-12-18-30)27-33(32)40-46-36(39(49(38)40)42(4,5)41(34,2)3)37(47-25-13-23-44-47)29-15-9-7-10-16-29;/h7-15,17,19-26,37H,1-6H3;/q-3;+3/t37-,43?;/m1./s1. The van der Waals surface area contributed by atoms with Crippen molar-refractivity contribution in [2.75, 3.05) is 0 Å². The Morgan fingerprint density at radius 1 is 0.780 bits per heavy atom. The van der Waals surface area contributed by atoms with Crippen LogP contribution in [-0.2, 0) is 36.5 Å². The molecule has 248 valence electrons. The number of rotatable bonds is 6. The van der Waals surface area contributed by atoms with E-state index >= 15 is 0 Å². The van der Waals surface area contributed by atoms with Gasteiger partial charge in [-0.3, -0.25) is 14.3 Å². The van der Waals surface area contributed by atoms with Gasteiger partial charge in [0.1, 0.15) is 0 Å². The van der Waals surface area contributed by atoms with Gasteiger partial charge in [-0.25, -0.2) is 0 Å². The minimum absolute atomic E-state index is 0. The number of pyridine rings is 1. The Morgan fingerprint density at radius 3 is 2.22 bits per heavy atom. The van der Waals surface area contributed by atoms with Crippen LogP contribution in [0.5, 0.6) is 0 Å². The summed E-state index contributed by atoms with van der Waals surface area (Å²) in [4.78, 5) is 5.70. The number of hydrogen-bond acceptors (Lipinski definition) is 3. The predicted octanol–water partition coefficient (Wildman–Crippen LogP) is 8.76. The summed E-state index contributed by atoms with van der Waals surface area (Å²) >= 11 is 0. The molecule has 1 aliphatic heterocycles. The van der Waals surface area contributed by atoms with Crippen molar-refractivity contribution in [2.24, 2.45) is 0 Å². The molecule has 1 unspecified atom stereocenters. The number of aromatic nitrogens is 6. The van der Waals surface area contributed by atoms with Gasteiger partial charge in [-0.15, -0.1) is 34.9 Å². The third kappa shape index (κ3) is 4.26. The van der Waals surface area contributed by atoms with Gasteiger partial charge in [-0.05, 0) is 36.9 Å². The van der Waals surface area contributed by atoms with Crippen molar-refractivity contribution in [1.29, 1.82) is 0 Å². The topological polar surface area (TPSA) is 52.9 Å². The van der Waals surface area contributed by atoms with Crippen molar-refractivity contribution >= 4 is 27.3 Å². The minimum atomic E-state index is -0.658. The number of hydrogen-bond donors (Lipinski definition) is 0. The van der Waals surface area contributed by atoms with Crippen molar-refractivity contribution in [2.45, 2.75) is 64.0 Å². The van der Waals surface area contributed by atoms with E-state index in [0.29, 0.717) is 0 Å². The molecule has 0 spiro atoms. The molecule has 50 heavy (non-hydrogen) atoms. The molecule has 0 radical (unpaired) electrons. The van der Waals surface area contributed by atoms with Gasteiger partial charge in [0.05, 0.1) is 22.9 Å². The van der Waals surface area contributed by atoms with E-state index < -0.39 is 5.54 Å². The smallest absolute Gasteiger partial charge is 0.336 e. The van der Waals surface area contributed by atoms with Crippen LogP contribution in [0.15, 0.2) is 110 Å². The van der Waals surface area contributed by atoms with E-state index in [0.717, 1.165) is 38.8 Å². The summed E-state index contributed by atoms with van der Waals surface area (Å²) in [5.41, 5.74) is 8.72. The molecule has 0 fully saturated rings. The molecule has 4 aromatic carbocycles. The second kappa shape index (κ2) is 11.3. The Morgan fingerprint density at radius 2 is 1.54 bits per heavy atom. The second-order valence-electron chi connectivity index (χ2n) is 14.6. The van der Waals surface area contributed by atoms with Gasteiger partial charge >= 0.3 is 20.1 Å². The van der Waals surface area contributed by atoms with Crippen molar-refractivity contribution < 1.29 is 20.1 Å². The third-order valence-electron chi connectivity index (χ3n) is 11.6. The predicted molar refractivity (Wildman–Crippen MR) is 194 cm³/mol. The number of aryl methyl sites for hydroxylation is 1. The molecule has 7 heteroatoms. The Bertz CT molecular complexity index is 2510. The molecule has 5 heterocycles. The summed E-state index contributed by atoms with van der Waals surface area (Å²) in [6.45, 7) is 13.9. The largest absolute Gasteiger partial charge is 3.00 e. The molecule has 0 bridgehead atoms. The van der Waals surface area contributed by atoms with E-state index in [2.05, 4.69) is 113 Å². The molecular formula is C43H37IrN6. The molecule has 0 saturated carbocycles. The maximum absolute atomic E-state index is 5.70. The molecule has 0 N–H and O–H groups in total. The van der Waals surface area contributed by atoms with E-state index in [-0.39, 0.29) is 37.0 Å². The third-order valence-corrected chi connectivity index (χ3v) is 11.6. The van der Waals surface area contributed by atoms with E-state index in [1.807, 2.05) is 70.5 Å². The number of fused-ring (bicyclic) bond motifs is 3. The van der Waals surface area contributed by atoms with Crippen molar-refractivity contribution in [1.82, 2.24) is 28.9 Å². The van der Waals surface area contributed by atoms with Crippen molar-refractivity contribution in [3.05, 3.63) is 167 Å². The number of imidazole rings is 1. The van der Waals surface area contributed by atoms with Crippen molar-refractivity contribution in [3.63, 3.8) is 0 Å². The fourth-order valence-electron chi connectivity index (χ4n) is 8.22. The maximum atomic E-state index is 5.70. The van der Waals surface area contributed by atoms with E-state index in [4.69, 9.17) is 15.2 Å². The molecule has 0 aliphatic carbocycles. The van der Waals surface area contributed by atoms with Crippen LogP contribution in [-0.4, -0.2) is 28.9 Å². The first-order valence-corrected chi connectivity index (χ1v) is 16.9. The average Bonchev–Trinajstić information content (AvgIpc) is 3.91. The van der Waals surface area contributed by atoms with Gasteiger partial charge in [-0.2, -0.15) is 70.9 Å². The SMILES string of the molecule is Cc1ccc2c3c1c1ccc(C(C)(c4[c-]cccc4)n4cccn4)[c-]c1c1nc([C@@H](c4[c-]cccc4)n4cccn4)c(n13)C(C)(C)C2(C)C.[Ir+3]. The molecule has 0 amide bonds. The van der Waals surface area contributed by atoms with Gasteiger partial charge in [-0.1, -0.05) is 56.2 Å². The molecule has 6 nitrogen and oxygen atoms in total. The molecule has 1 aliphatic rings. The zero-order valence-electron chi connectivity index (χ0n) is 29.0. The summed E-state index contributed by atoms with van der Waals surface area (Å²) in [7, 11) is 0. The van der Waals surface area contributed by atoms with Crippen LogP contribution in [0.1, 0.15) is 79.9 Å². The fraction of sp³-hybridized carbons (Fsp3) is 0.233. The zero-order valence-corrected chi connectivity index (χ0v) is 31.4. The fourth-order valence-corrected chi connectivity index (χ4v) is 8.22. The second-order valence-corrected chi connectivity index (χ2v) is 14.6. The Hall–Kier alpha value is -4.84. The molecule has 0 saturated heterocycles. The number of nitrogens with zero attached hydrogens (tertiary/aromatic N) is 6. The quantitative estimate of drug-likeness (QED) is 0.125. The van der Waals surface area contributed by atoms with Gasteiger partial charge in [0.2, 0.25) is 0 Å². The average molecular weight is 830 g/mol. The first-order chi connectivity index (χ1) is 23.6. The Labute approximate surface area is 306 Å². The van der Waals surface area contributed by atoms with Crippen LogP contribution < -0.4 is 0 Å². The zero-order chi connectivity index (χ0) is 33.7. The molecule has 4 aromatic heterocycles. The van der Waals surface area contributed by atoms with Crippen LogP contribution >= 0.6 is 0 Å². The molecule has 2 atom stereocenters. The van der Waals surface area contributed by atoms with Crippen LogP contribution in [0, 0.1) is 25.1 Å². The van der Waals surface area contributed by atoms with E-state index in [1.54, 1.807) is 0 Å². The minimum Gasteiger partial charge on any atom is -0.336 e. The first kappa shape index (κ1) is 32.4. The summed E-state index contributed by atoms with van der Waals surface area (Å²) in [5.74, 6) is 0. The number of benzene rings is 4. The monoisotopic (exact) mass is 830 g/mol. The maximum Gasteiger partial charge on any atom is 3.00 e. The summed E-state index contributed by atoms with van der Waals surface area (Å²) < 4.78 is 6.49. The summed E-state index contributed by atoms with van der Waals surface area (Å²) in [5, 5.41) is 12.9. The van der Waals surface area contributed by atoms with Crippen molar-refractivity contribution in [3.8, 4) is 0 Å². The Kier molecular flexibility index (Phi) is 7.34. The van der Waals surface area contributed by atoms with E-state index in [1.165, 1.54) is 27.7 Å². The molecule has 9 rings (SSSR count). The molecular weight excluding hydrogens is 793 g/mol. The van der Waals surface area contributed by atoms with Gasteiger partial charge in [0, 0.05) is 46.8 Å². The van der Waals surface area contributed by atoms with Gasteiger partial charge in [0.25, 0.3) is 0 Å². The van der Waals surface area contributed by atoms with Crippen LogP contribution in [0.4, 0.5) is 0 Å². The molecule has 8 aromatic rings. The van der Waals surface area contributed by atoms with Crippen LogP contribution in [0.3, 0.4) is 0 Å². The summed E-state index contributed by atoms with van der Waals surface area (Å²) in [6, 6.07) is 40.1. The van der Waals surface area contributed by atoms with Crippen LogP contribution in [0.25, 0.3) is 27.3 Å². The normalized spacial score (nSPS) is 16.4. The van der Waals surface area contributed by atoms with E-state index in [9.17, 15) is 0 Å². The van der Waals surface area contributed by atoms with Crippen LogP contribution in [0.2, 0.25) is 0 Å². The van der Waals surface area contributed by atoms with Gasteiger partial charge < -0.3 is 4.40 Å². The summed E-state index contributed by atoms with van der Waals surface area (Å²) in [6.07, 6.45) is 7.73. The Balaban J connectivity index is 0.00000361. The first-order valence-electron chi connectivity index (χ1n) is 16.9. The van der Waals surface area contributed by atoms with Gasteiger partial charge in [0.15, 0.2) is 0 Å².